The summed E-state index contributed by atoms with van der Waals surface area (Å²) in [5, 5.41) is 3.67. The number of hydrogen-bond donors (Lipinski definition) is 1. The van der Waals surface area contributed by atoms with Crippen molar-refractivity contribution in [3.63, 3.8) is 0 Å². The van der Waals surface area contributed by atoms with Crippen LogP contribution in [-0.2, 0) is 9.53 Å². The number of carbonyl (C=O) groups excluding carboxylic acids is 1. The molecule has 5 aliphatic heterocycles. The Hall–Kier alpha value is -0.320. The zero-order valence-corrected chi connectivity index (χ0v) is 13.9. The average molecular weight is 327 g/mol. The Bertz CT molecular complexity index is 430. The lowest BCUT2D eigenvalue weighted by atomic mass is 9.82. The van der Waals surface area contributed by atoms with Gasteiger partial charge in [-0.3, -0.25) is 4.79 Å². The highest BCUT2D eigenvalue weighted by Crippen LogP contribution is 2.47. The van der Waals surface area contributed by atoms with Crippen molar-refractivity contribution in [1.82, 2.24) is 10.2 Å². The SMILES string of the molecule is Cl.O=C(CC1CC2CCC(C1)N2)N1CC2C3CCC(O3)C2C1. The molecule has 5 aliphatic rings. The molecule has 0 aromatic carbocycles. The third-order valence-electron chi connectivity index (χ3n) is 6.84. The maximum atomic E-state index is 12.7. The fourth-order valence-corrected chi connectivity index (χ4v) is 5.88. The maximum Gasteiger partial charge on any atom is 0.222 e. The highest BCUT2D eigenvalue weighted by atomic mass is 35.5. The second-order valence-electron chi connectivity index (χ2n) is 8.10. The van der Waals surface area contributed by atoms with E-state index in [1.807, 2.05) is 0 Å². The van der Waals surface area contributed by atoms with Crippen LogP contribution in [0.4, 0.5) is 0 Å². The second-order valence-corrected chi connectivity index (χ2v) is 8.10. The van der Waals surface area contributed by atoms with Crippen LogP contribution < -0.4 is 5.32 Å². The summed E-state index contributed by atoms with van der Waals surface area (Å²) in [6.07, 6.45) is 9.27. The molecule has 0 aromatic rings. The van der Waals surface area contributed by atoms with Gasteiger partial charge in [-0.2, -0.15) is 0 Å². The smallest absolute Gasteiger partial charge is 0.222 e. The molecule has 5 heteroatoms. The van der Waals surface area contributed by atoms with Crippen molar-refractivity contribution >= 4 is 18.3 Å². The third-order valence-corrected chi connectivity index (χ3v) is 6.84. The number of nitrogens with zero attached hydrogens (tertiary/aromatic N) is 1. The summed E-state index contributed by atoms with van der Waals surface area (Å²) in [6.45, 7) is 1.95. The number of nitrogens with one attached hydrogen (secondary N) is 1. The molecule has 0 spiro atoms. The first-order chi connectivity index (χ1) is 10.3. The van der Waals surface area contributed by atoms with E-state index in [0.29, 0.717) is 48.0 Å². The van der Waals surface area contributed by atoms with E-state index < -0.39 is 0 Å². The number of amides is 1. The number of halogens is 1. The van der Waals surface area contributed by atoms with Crippen LogP contribution in [0.5, 0.6) is 0 Å². The number of rotatable bonds is 2. The van der Waals surface area contributed by atoms with E-state index in [2.05, 4.69) is 10.2 Å². The van der Waals surface area contributed by atoms with Gasteiger partial charge < -0.3 is 15.0 Å². The van der Waals surface area contributed by atoms with Gasteiger partial charge in [0.05, 0.1) is 12.2 Å². The molecule has 1 amide bonds. The van der Waals surface area contributed by atoms with Gasteiger partial charge in [-0.15, -0.1) is 12.4 Å². The lowest BCUT2D eigenvalue weighted by molar-refractivity contribution is -0.132. The zero-order chi connectivity index (χ0) is 14.0. The average Bonchev–Trinajstić information content (AvgIpc) is 3.19. The fraction of sp³-hybridized carbons (Fsp3) is 0.941. The number of ether oxygens (including phenoxy) is 1. The number of likely N-dealkylation sites (tertiary alicyclic amines) is 1. The quantitative estimate of drug-likeness (QED) is 0.843. The van der Waals surface area contributed by atoms with E-state index in [1.165, 1.54) is 38.5 Å². The summed E-state index contributed by atoms with van der Waals surface area (Å²) in [5.41, 5.74) is 0. The number of fused-ring (bicyclic) bond motifs is 7. The molecular formula is C17H27ClN2O2. The second kappa shape index (κ2) is 5.64. The molecule has 5 heterocycles. The van der Waals surface area contributed by atoms with Gasteiger partial charge in [-0.1, -0.05) is 0 Å². The molecule has 0 aliphatic carbocycles. The zero-order valence-electron chi connectivity index (χ0n) is 13.1. The largest absolute Gasteiger partial charge is 0.374 e. The third kappa shape index (κ3) is 2.38. The number of carbonyl (C=O) groups is 1. The van der Waals surface area contributed by atoms with Crippen molar-refractivity contribution < 1.29 is 9.53 Å². The first kappa shape index (κ1) is 15.2. The van der Waals surface area contributed by atoms with Crippen molar-refractivity contribution in [2.24, 2.45) is 17.8 Å². The standard InChI is InChI=1S/C17H26N2O2.ClH/c20-17(7-10-5-11-1-2-12(6-10)18-11)19-8-13-14(9-19)16-4-3-15(13)21-16;/h10-16,18H,1-9H2;1H. The van der Waals surface area contributed by atoms with Gasteiger partial charge in [0, 0.05) is 43.4 Å². The van der Waals surface area contributed by atoms with E-state index >= 15 is 0 Å². The van der Waals surface area contributed by atoms with Crippen molar-refractivity contribution in [3.05, 3.63) is 0 Å². The van der Waals surface area contributed by atoms with Crippen molar-refractivity contribution in [3.8, 4) is 0 Å². The summed E-state index contributed by atoms with van der Waals surface area (Å²) >= 11 is 0. The van der Waals surface area contributed by atoms with E-state index in [0.717, 1.165) is 19.5 Å². The first-order valence-corrected chi connectivity index (χ1v) is 8.95. The van der Waals surface area contributed by atoms with Gasteiger partial charge in [-0.25, -0.2) is 0 Å². The van der Waals surface area contributed by atoms with Crippen LogP contribution in [0.2, 0.25) is 0 Å². The van der Waals surface area contributed by atoms with Gasteiger partial charge in [0.1, 0.15) is 0 Å². The van der Waals surface area contributed by atoms with Crippen molar-refractivity contribution in [2.75, 3.05) is 13.1 Å². The van der Waals surface area contributed by atoms with Crippen LogP contribution in [0.3, 0.4) is 0 Å². The fourth-order valence-electron chi connectivity index (χ4n) is 5.88. The van der Waals surface area contributed by atoms with Gasteiger partial charge in [0.15, 0.2) is 0 Å². The molecule has 1 N–H and O–H groups in total. The molecule has 5 fully saturated rings. The first-order valence-electron chi connectivity index (χ1n) is 8.95. The predicted octanol–water partition coefficient (Wildman–Crippen LogP) is 1.96. The molecule has 6 atom stereocenters. The van der Waals surface area contributed by atoms with Crippen LogP contribution in [0.15, 0.2) is 0 Å². The summed E-state index contributed by atoms with van der Waals surface area (Å²) in [5.74, 6) is 2.36. The molecule has 4 nitrogen and oxygen atoms in total. The minimum absolute atomic E-state index is 0. The molecule has 6 unspecified atom stereocenters. The normalized spacial score (nSPS) is 48.4. The van der Waals surface area contributed by atoms with E-state index in [4.69, 9.17) is 4.74 Å². The van der Waals surface area contributed by atoms with Gasteiger partial charge >= 0.3 is 0 Å². The summed E-state index contributed by atoms with van der Waals surface area (Å²) < 4.78 is 6.01. The molecule has 0 radical (unpaired) electrons. The Morgan fingerprint density at radius 2 is 1.59 bits per heavy atom. The van der Waals surface area contributed by atoms with Gasteiger partial charge in [0.25, 0.3) is 0 Å². The Kier molecular flexibility index (Phi) is 3.90. The number of hydrogen-bond acceptors (Lipinski definition) is 3. The monoisotopic (exact) mass is 326 g/mol. The van der Waals surface area contributed by atoms with Crippen LogP contribution in [-0.4, -0.2) is 48.2 Å². The van der Waals surface area contributed by atoms with Crippen LogP contribution in [0, 0.1) is 17.8 Å². The topological polar surface area (TPSA) is 41.6 Å². The highest BCUT2D eigenvalue weighted by Gasteiger charge is 2.53. The summed E-state index contributed by atoms with van der Waals surface area (Å²) in [4.78, 5) is 14.9. The highest BCUT2D eigenvalue weighted by molar-refractivity contribution is 5.85. The molecule has 0 aromatic heterocycles. The Morgan fingerprint density at radius 1 is 1.00 bits per heavy atom. The van der Waals surface area contributed by atoms with Gasteiger partial charge in [-0.05, 0) is 44.4 Å². The lowest BCUT2D eigenvalue weighted by Crippen LogP contribution is -2.40. The summed E-state index contributed by atoms with van der Waals surface area (Å²) in [6, 6.07) is 1.40. The van der Waals surface area contributed by atoms with E-state index in [9.17, 15) is 4.79 Å². The summed E-state index contributed by atoms with van der Waals surface area (Å²) in [7, 11) is 0. The molecular weight excluding hydrogens is 300 g/mol. The Labute approximate surface area is 138 Å². The van der Waals surface area contributed by atoms with Crippen LogP contribution in [0.25, 0.3) is 0 Å². The van der Waals surface area contributed by atoms with Crippen molar-refractivity contribution in [1.29, 1.82) is 0 Å². The Morgan fingerprint density at radius 3 is 2.18 bits per heavy atom. The number of piperidine rings is 1. The Balaban J connectivity index is 0.00000125. The van der Waals surface area contributed by atoms with Crippen molar-refractivity contribution in [2.45, 2.75) is 69.2 Å². The molecule has 5 saturated heterocycles. The van der Waals surface area contributed by atoms with Crippen LogP contribution in [0.1, 0.15) is 44.9 Å². The van der Waals surface area contributed by atoms with E-state index in [-0.39, 0.29) is 12.4 Å². The molecule has 22 heavy (non-hydrogen) atoms. The molecule has 124 valence electrons. The maximum absolute atomic E-state index is 12.7. The van der Waals surface area contributed by atoms with Crippen LogP contribution >= 0.6 is 12.4 Å². The minimum atomic E-state index is 0. The molecule has 5 rings (SSSR count). The minimum Gasteiger partial charge on any atom is -0.374 e. The van der Waals surface area contributed by atoms with Gasteiger partial charge in [0.2, 0.25) is 5.91 Å². The molecule has 0 saturated carbocycles. The molecule has 4 bridgehead atoms. The lowest BCUT2D eigenvalue weighted by Gasteiger charge is -2.30. The van der Waals surface area contributed by atoms with E-state index in [1.54, 1.807) is 0 Å². The predicted molar refractivity (Wildman–Crippen MR) is 86.0 cm³/mol.